The van der Waals surface area contributed by atoms with Crippen molar-refractivity contribution in [2.45, 2.75) is 4.90 Å². The number of rotatable bonds is 1. The summed E-state index contributed by atoms with van der Waals surface area (Å²) >= 11 is -2.08. The van der Waals surface area contributed by atoms with Gasteiger partial charge in [0.15, 0.2) is 0 Å². The van der Waals surface area contributed by atoms with E-state index < -0.39 is 11.1 Å². The van der Waals surface area contributed by atoms with Crippen LogP contribution in [0, 0.1) is 0 Å². The van der Waals surface area contributed by atoms with E-state index in [9.17, 15) is 8.76 Å². The van der Waals surface area contributed by atoms with Gasteiger partial charge in [0.25, 0.3) is 0 Å². The Kier molecular flexibility index (Phi) is 18.9. The van der Waals surface area contributed by atoms with Gasteiger partial charge in [0.2, 0.25) is 0 Å². The van der Waals surface area contributed by atoms with Crippen LogP contribution in [0.1, 0.15) is 2.85 Å². The summed E-state index contributed by atoms with van der Waals surface area (Å²) in [5.41, 5.74) is 0. The molecule has 12 heavy (non-hydrogen) atoms. The molecule has 52 valence electrons. The van der Waals surface area contributed by atoms with E-state index in [0.29, 0.717) is 4.90 Å². The van der Waals surface area contributed by atoms with Crippen LogP contribution in [0.5, 0.6) is 0 Å². The molecule has 0 fully saturated rings. The zero-order chi connectivity index (χ0) is 6.69. The number of benzene rings is 1. The first-order valence-corrected chi connectivity index (χ1v) is 3.52. The first-order chi connectivity index (χ1) is 4.30. The first kappa shape index (κ1) is 19.8. The van der Waals surface area contributed by atoms with E-state index in [2.05, 4.69) is 0 Å². The molecule has 1 unspecified atom stereocenters. The van der Waals surface area contributed by atoms with Gasteiger partial charge < -0.3 is 7.41 Å². The molecule has 0 spiro atoms. The van der Waals surface area contributed by atoms with Gasteiger partial charge in [-0.1, -0.05) is 18.2 Å². The van der Waals surface area contributed by atoms with Gasteiger partial charge in [-0.3, -0.25) is 4.21 Å². The number of hydrogen-bond donors (Lipinski definition) is 0. The third kappa shape index (κ3) is 7.71. The molecular formula is C6H7Na3O2S. The summed E-state index contributed by atoms with van der Waals surface area (Å²) in [6.07, 6.45) is 0. The maximum Gasteiger partial charge on any atom is 1.00 e. The molecule has 6 heteroatoms. The third-order valence-electron chi connectivity index (χ3n) is 0.936. The Balaban J connectivity index is -0.0000000540. The van der Waals surface area contributed by atoms with E-state index in [-0.39, 0.29) is 91.5 Å². The molecule has 0 aromatic heterocycles. The summed E-state index contributed by atoms with van der Waals surface area (Å²) in [5, 5.41) is 0. The third-order valence-corrected chi connectivity index (χ3v) is 1.59. The minimum atomic E-state index is -2.08. The zero-order valence-electron chi connectivity index (χ0n) is 9.61. The largest absolute Gasteiger partial charge is 1.00 e. The van der Waals surface area contributed by atoms with Gasteiger partial charge in [0.1, 0.15) is 0 Å². The van der Waals surface area contributed by atoms with Crippen LogP contribution in [0.15, 0.2) is 35.2 Å². The van der Waals surface area contributed by atoms with Crippen molar-refractivity contribution in [2.75, 3.05) is 0 Å². The number of hydrogen-bond acceptors (Lipinski definition) is 2. The summed E-state index contributed by atoms with van der Waals surface area (Å²) < 4.78 is 20.4. The molecule has 0 radical (unpaired) electrons. The van der Waals surface area contributed by atoms with Crippen LogP contribution in [0.3, 0.4) is 0 Å². The monoisotopic (exact) mass is 212 g/mol. The second kappa shape index (κ2) is 11.4. The summed E-state index contributed by atoms with van der Waals surface area (Å²) in [4.78, 5) is 0.331. The standard InChI is InChI=1S/C6H6O2S.3Na.2H/c7-9(8)6-4-2-1-3-5-6;;;;;/h1-5H,(H,7,8);;;;;/q;3*+1;2*-1/p-1. The first-order valence-electron chi connectivity index (χ1n) is 2.45. The van der Waals surface area contributed by atoms with E-state index in [1.54, 1.807) is 30.3 Å². The average Bonchev–Trinajstić information content (AvgIpc) is 1.90. The molecule has 0 bridgehead atoms. The summed E-state index contributed by atoms with van der Waals surface area (Å²) in [6, 6.07) is 8.23. The van der Waals surface area contributed by atoms with E-state index >= 15 is 0 Å². The molecule has 0 saturated carbocycles. The van der Waals surface area contributed by atoms with Gasteiger partial charge in [-0.25, -0.2) is 0 Å². The maximum atomic E-state index is 10.2. The second-order valence-electron chi connectivity index (χ2n) is 1.55. The van der Waals surface area contributed by atoms with Crippen LogP contribution in [0.4, 0.5) is 0 Å². The molecule has 1 rings (SSSR count). The van der Waals surface area contributed by atoms with Crippen molar-refractivity contribution in [1.29, 1.82) is 0 Å². The van der Waals surface area contributed by atoms with Crippen LogP contribution in [-0.4, -0.2) is 8.76 Å². The Morgan fingerprint density at radius 1 is 1.08 bits per heavy atom. The van der Waals surface area contributed by atoms with Gasteiger partial charge in [-0.15, -0.1) is 0 Å². The molecule has 0 aliphatic rings. The van der Waals surface area contributed by atoms with Crippen LogP contribution in [0.25, 0.3) is 0 Å². The van der Waals surface area contributed by atoms with E-state index in [1.807, 2.05) is 0 Å². The molecule has 2 nitrogen and oxygen atoms in total. The molecule has 1 aromatic carbocycles. The van der Waals surface area contributed by atoms with Gasteiger partial charge >= 0.3 is 88.7 Å². The predicted molar refractivity (Wildman–Crippen MR) is 35.9 cm³/mol. The molecule has 1 aromatic rings. The van der Waals surface area contributed by atoms with Crippen molar-refractivity contribution in [3.8, 4) is 0 Å². The SMILES string of the molecule is O=S([O-])c1ccccc1.[H-].[H-].[Na+].[Na+].[Na+]. The molecule has 0 aliphatic carbocycles. The van der Waals surface area contributed by atoms with Crippen LogP contribution >= 0.6 is 0 Å². The zero-order valence-corrected chi connectivity index (χ0v) is 14.4. The topological polar surface area (TPSA) is 40.1 Å². The van der Waals surface area contributed by atoms with Crippen LogP contribution in [-0.2, 0) is 11.1 Å². The molecule has 0 heterocycles. The molecule has 0 aliphatic heterocycles. The molecule has 1 atom stereocenters. The quantitative estimate of drug-likeness (QED) is 0.343. The van der Waals surface area contributed by atoms with Crippen molar-refractivity contribution >= 4 is 11.1 Å². The fourth-order valence-electron chi connectivity index (χ4n) is 0.532. The Morgan fingerprint density at radius 3 is 1.75 bits per heavy atom. The van der Waals surface area contributed by atoms with Crippen LogP contribution < -0.4 is 88.7 Å². The second-order valence-corrected chi connectivity index (χ2v) is 2.49. The van der Waals surface area contributed by atoms with E-state index in [1.165, 1.54) is 0 Å². The Bertz CT molecular complexity index is 226. The fraction of sp³-hybridized carbons (Fsp3) is 0. The van der Waals surface area contributed by atoms with Gasteiger partial charge in [-0.05, 0) is 23.2 Å². The van der Waals surface area contributed by atoms with Crippen molar-refractivity contribution in [3.05, 3.63) is 30.3 Å². The van der Waals surface area contributed by atoms with Crippen molar-refractivity contribution in [1.82, 2.24) is 0 Å². The van der Waals surface area contributed by atoms with Crippen molar-refractivity contribution < 1.29 is 100 Å². The predicted octanol–water partition coefficient (Wildman–Crippen LogP) is -7.84. The van der Waals surface area contributed by atoms with Gasteiger partial charge in [0, 0.05) is 4.90 Å². The normalized spacial score (nSPS) is 9.75. The van der Waals surface area contributed by atoms with Gasteiger partial charge in [0.05, 0.1) is 0 Å². The average molecular weight is 212 g/mol. The van der Waals surface area contributed by atoms with Crippen LogP contribution in [0.2, 0.25) is 0 Å². The molecule has 0 saturated heterocycles. The summed E-state index contributed by atoms with van der Waals surface area (Å²) in [5.74, 6) is 0. The smallest absolute Gasteiger partial charge is 1.00 e. The summed E-state index contributed by atoms with van der Waals surface area (Å²) in [6.45, 7) is 0. The summed E-state index contributed by atoms with van der Waals surface area (Å²) in [7, 11) is 0. The Morgan fingerprint density at radius 2 is 1.50 bits per heavy atom. The Hall–Kier alpha value is 2.33. The molecule has 0 N–H and O–H groups in total. The Labute approximate surface area is 144 Å². The van der Waals surface area contributed by atoms with E-state index in [0.717, 1.165) is 0 Å². The maximum absolute atomic E-state index is 10.2. The van der Waals surface area contributed by atoms with Gasteiger partial charge in [-0.2, -0.15) is 0 Å². The molecular weight excluding hydrogens is 205 g/mol. The minimum absolute atomic E-state index is 0. The molecule has 0 amide bonds. The minimum Gasteiger partial charge on any atom is -1.00 e. The fourth-order valence-corrected chi connectivity index (χ4v) is 0.911. The van der Waals surface area contributed by atoms with E-state index in [4.69, 9.17) is 0 Å². The van der Waals surface area contributed by atoms with Crippen molar-refractivity contribution in [3.63, 3.8) is 0 Å². The van der Waals surface area contributed by atoms with Crippen molar-refractivity contribution in [2.24, 2.45) is 0 Å².